The Labute approximate surface area is 264 Å². The van der Waals surface area contributed by atoms with Gasteiger partial charge in [-0.25, -0.2) is 14.5 Å². The summed E-state index contributed by atoms with van der Waals surface area (Å²) in [5.74, 6) is 4.92. The van der Waals surface area contributed by atoms with Gasteiger partial charge in [-0.2, -0.15) is 4.98 Å². The van der Waals surface area contributed by atoms with E-state index >= 15 is 0 Å². The van der Waals surface area contributed by atoms with Crippen molar-refractivity contribution in [2.45, 2.75) is 35.5 Å². The van der Waals surface area contributed by atoms with E-state index in [1.165, 1.54) is 27.7 Å². The minimum Gasteiger partial charge on any atom is -0.324 e. The fourth-order valence-corrected chi connectivity index (χ4v) is 7.72. The van der Waals surface area contributed by atoms with Gasteiger partial charge in [0.1, 0.15) is 0 Å². The summed E-state index contributed by atoms with van der Waals surface area (Å²) < 4.78 is 15.1. The van der Waals surface area contributed by atoms with Crippen molar-refractivity contribution in [3.05, 3.63) is 106 Å². The predicted octanol–water partition coefficient (Wildman–Crippen LogP) is 5.35. The van der Waals surface area contributed by atoms with Crippen LogP contribution >= 0.6 is 11.3 Å². The molecule has 1 fully saturated rings. The molecule has 10 nitrogen and oxygen atoms in total. The number of rotatable bonds is 7. The molecular weight excluding hydrogens is 605 g/mol. The zero-order valence-corrected chi connectivity index (χ0v) is 26.1. The molecule has 7 rings (SSSR count). The number of aryl methyl sites for hydroxylation is 1. The first kappa shape index (κ1) is 29.0. The summed E-state index contributed by atoms with van der Waals surface area (Å²) in [5.41, 5.74) is 3.82. The van der Waals surface area contributed by atoms with Gasteiger partial charge in [-0.15, -0.1) is 11.3 Å². The normalized spacial score (nSPS) is 15.1. The maximum atomic E-state index is 14.1. The lowest BCUT2D eigenvalue weighted by molar-refractivity contribution is 0.460. The van der Waals surface area contributed by atoms with E-state index in [-0.39, 0.29) is 5.56 Å². The molecule has 0 bridgehead atoms. The van der Waals surface area contributed by atoms with Gasteiger partial charge in [-0.05, 0) is 92.2 Å². The van der Waals surface area contributed by atoms with Crippen molar-refractivity contribution in [2.75, 3.05) is 18.4 Å². The minimum atomic E-state index is -2.81. The molecule has 1 aromatic carbocycles. The molecule has 0 aliphatic carbocycles. The molecule has 6 aromatic rings. The quantitative estimate of drug-likeness (QED) is 0.224. The van der Waals surface area contributed by atoms with Crippen LogP contribution in [0.3, 0.4) is 0 Å². The number of nitrogens with zero attached hydrogens (tertiary/aromatic N) is 6. The lowest BCUT2D eigenvalue weighted by Crippen LogP contribution is -2.26. The van der Waals surface area contributed by atoms with Gasteiger partial charge in [-0.1, -0.05) is 12.1 Å². The van der Waals surface area contributed by atoms with Crippen molar-refractivity contribution < 1.29 is 4.21 Å². The van der Waals surface area contributed by atoms with Gasteiger partial charge in [-0.3, -0.25) is 19.0 Å². The van der Waals surface area contributed by atoms with Gasteiger partial charge in [0, 0.05) is 61.9 Å². The Hall–Kier alpha value is -4.78. The van der Waals surface area contributed by atoms with Gasteiger partial charge >= 0.3 is 0 Å². The van der Waals surface area contributed by atoms with Gasteiger partial charge in [0.15, 0.2) is 10.8 Å². The minimum absolute atomic E-state index is 0.318. The lowest BCUT2D eigenvalue weighted by atomic mass is 9.90. The van der Waals surface area contributed by atoms with Crippen LogP contribution in [0.25, 0.3) is 27.4 Å². The second-order valence-electron chi connectivity index (χ2n) is 11.0. The van der Waals surface area contributed by atoms with Crippen LogP contribution in [0.4, 0.5) is 11.6 Å². The summed E-state index contributed by atoms with van der Waals surface area (Å²) in [6, 6.07) is 15.3. The monoisotopic (exact) mass is 634 g/mol. The number of fused-ring (bicyclic) bond motifs is 1. The van der Waals surface area contributed by atoms with E-state index in [0.717, 1.165) is 31.6 Å². The Morgan fingerprint density at radius 1 is 0.978 bits per heavy atom. The van der Waals surface area contributed by atoms with E-state index in [1.54, 1.807) is 49.1 Å². The Morgan fingerprint density at radius 2 is 1.76 bits per heavy atom. The first-order valence-electron chi connectivity index (χ1n) is 14.5. The van der Waals surface area contributed by atoms with Crippen molar-refractivity contribution >= 4 is 49.4 Å². The number of benzene rings is 1. The van der Waals surface area contributed by atoms with Crippen molar-refractivity contribution in [1.29, 1.82) is 0 Å². The summed E-state index contributed by atoms with van der Waals surface area (Å²) >= 11 is 1.34. The van der Waals surface area contributed by atoms with Crippen molar-refractivity contribution in [3.63, 3.8) is 0 Å². The van der Waals surface area contributed by atoms with E-state index < -0.39 is 9.52 Å². The third kappa shape index (κ3) is 5.63. The van der Waals surface area contributed by atoms with Crippen LogP contribution in [-0.4, -0.2) is 52.7 Å². The molecule has 5 aromatic heterocycles. The summed E-state index contributed by atoms with van der Waals surface area (Å²) in [6.45, 7) is 3.93. The lowest BCUT2D eigenvalue weighted by Gasteiger charge is -2.23. The number of aromatic nitrogens is 6. The Bertz CT molecular complexity index is 2160. The first-order chi connectivity index (χ1) is 21.9. The van der Waals surface area contributed by atoms with Gasteiger partial charge in [0.25, 0.3) is 5.56 Å². The average molecular weight is 635 g/mol. The number of nitrogens with one attached hydrogen (secondary N) is 2. The molecule has 1 atom stereocenters. The maximum absolute atomic E-state index is 14.1. The molecule has 0 saturated carbocycles. The average Bonchev–Trinajstić information content (AvgIpc) is 3.60. The van der Waals surface area contributed by atoms with Crippen LogP contribution in [0.1, 0.15) is 29.9 Å². The molecule has 0 amide bonds. The summed E-state index contributed by atoms with van der Waals surface area (Å²) in [6.07, 6.45) is 10.3. The highest BCUT2D eigenvalue weighted by molar-refractivity contribution is 8.00. The molecule has 226 valence electrons. The van der Waals surface area contributed by atoms with Crippen molar-refractivity contribution in [1.82, 2.24) is 34.8 Å². The van der Waals surface area contributed by atoms with Crippen LogP contribution < -0.4 is 16.2 Å². The summed E-state index contributed by atoms with van der Waals surface area (Å²) in [5, 5.41) is 9.65. The van der Waals surface area contributed by atoms with E-state index in [4.69, 9.17) is 4.98 Å². The standard InChI is InChI=1S/C33H30N8O2S2/c1-21-17-27(45(2,43)26-9-13-35-14-10-26)20-37-29(21)28-18-24-19-38-32(40-30(24)41(31(28)42)33-36-15-16-44-33)39-25-5-3-22(4-6-25)23-7-11-34-12-8-23/h3-6,9-10,13-20,23,34H,2,7-8,11-12H2,1H3,(H,38,39,40). The zero-order valence-electron chi connectivity index (χ0n) is 24.5. The third-order valence-corrected chi connectivity index (χ3v) is 10.8. The fraction of sp³-hybridized carbons (Fsp3) is 0.182. The van der Waals surface area contributed by atoms with Crippen LogP contribution in [0.2, 0.25) is 0 Å². The fourth-order valence-electron chi connectivity index (χ4n) is 5.66. The maximum Gasteiger partial charge on any atom is 0.268 e. The van der Waals surface area contributed by atoms with Crippen LogP contribution in [0.15, 0.2) is 99.5 Å². The van der Waals surface area contributed by atoms with Crippen LogP contribution in [-0.2, 0) is 9.52 Å². The highest BCUT2D eigenvalue weighted by Crippen LogP contribution is 2.29. The number of hydrogen-bond donors (Lipinski definition) is 2. The van der Waals surface area contributed by atoms with E-state index in [0.29, 0.717) is 54.6 Å². The number of pyridine rings is 3. The van der Waals surface area contributed by atoms with Crippen molar-refractivity contribution in [3.8, 4) is 16.4 Å². The number of hydrogen-bond acceptors (Lipinski definition) is 10. The highest BCUT2D eigenvalue weighted by atomic mass is 32.2. The van der Waals surface area contributed by atoms with Crippen molar-refractivity contribution in [2.24, 2.45) is 0 Å². The molecule has 0 radical (unpaired) electrons. The molecule has 1 aliphatic rings. The molecule has 2 N–H and O–H groups in total. The molecule has 6 heterocycles. The number of anilines is 2. The van der Waals surface area contributed by atoms with Crippen LogP contribution in [0, 0.1) is 6.92 Å². The van der Waals surface area contributed by atoms with Crippen LogP contribution in [0.5, 0.6) is 0 Å². The SMILES string of the molecule is C=S(=O)(c1ccncc1)c1cnc(-c2cc3cnc(Nc4ccc(C5CCNCC5)cc4)nc3n(-c3nccs3)c2=O)c(C)c1. The predicted molar refractivity (Wildman–Crippen MR) is 179 cm³/mol. The van der Waals surface area contributed by atoms with Gasteiger partial charge < -0.3 is 10.6 Å². The molecule has 45 heavy (non-hydrogen) atoms. The second kappa shape index (κ2) is 12.0. The molecular formula is C33H30N8O2S2. The molecule has 1 saturated heterocycles. The molecule has 1 aliphatic heterocycles. The van der Waals surface area contributed by atoms with E-state index in [2.05, 4.69) is 48.6 Å². The highest BCUT2D eigenvalue weighted by Gasteiger charge is 2.20. The molecule has 1 unspecified atom stereocenters. The Kier molecular flexibility index (Phi) is 7.70. The Balaban J connectivity index is 1.26. The second-order valence-corrected chi connectivity index (χ2v) is 14.1. The molecule has 12 heteroatoms. The smallest absolute Gasteiger partial charge is 0.268 e. The van der Waals surface area contributed by atoms with Gasteiger partial charge in [0.05, 0.1) is 16.2 Å². The summed E-state index contributed by atoms with van der Waals surface area (Å²) in [4.78, 5) is 37.5. The van der Waals surface area contributed by atoms with E-state index in [1.807, 2.05) is 24.4 Å². The zero-order chi connectivity index (χ0) is 31.0. The summed E-state index contributed by atoms with van der Waals surface area (Å²) in [7, 11) is -2.81. The number of thiazole rings is 1. The topological polar surface area (TPSA) is 128 Å². The van der Waals surface area contributed by atoms with Gasteiger partial charge in [0.2, 0.25) is 5.95 Å². The largest absolute Gasteiger partial charge is 0.324 e. The Morgan fingerprint density at radius 3 is 2.47 bits per heavy atom. The number of piperidine rings is 1. The van der Waals surface area contributed by atoms with E-state index in [9.17, 15) is 9.00 Å². The third-order valence-electron chi connectivity index (χ3n) is 8.05. The first-order valence-corrected chi connectivity index (χ1v) is 17.1. The molecule has 0 spiro atoms.